The van der Waals surface area contributed by atoms with E-state index in [0.29, 0.717) is 10.7 Å². The minimum Gasteiger partial charge on any atom is -0.321 e. The Bertz CT molecular complexity index is 771. The van der Waals surface area contributed by atoms with Crippen molar-refractivity contribution in [2.24, 2.45) is 0 Å². The highest BCUT2D eigenvalue weighted by atomic mass is 35.5. The monoisotopic (exact) mass is 310 g/mol. The standard InChI is InChI=1S/C18H15ClN2O/c1-12-3-8-17(9-13(12)2)21-18(22)15(11-20)10-14-4-6-16(19)7-5-14/h3-10H,1-2H3,(H,21,22)/b15-10+. The molecule has 2 aromatic carbocycles. The fraction of sp³-hybridized carbons (Fsp3) is 0.111. The number of benzene rings is 2. The summed E-state index contributed by atoms with van der Waals surface area (Å²) in [5.74, 6) is -0.430. The van der Waals surface area contributed by atoms with E-state index in [0.717, 1.165) is 16.7 Å². The van der Waals surface area contributed by atoms with Gasteiger partial charge in [-0.05, 0) is 60.9 Å². The molecule has 0 aliphatic rings. The van der Waals surface area contributed by atoms with Crippen LogP contribution >= 0.6 is 11.6 Å². The molecule has 0 heterocycles. The van der Waals surface area contributed by atoms with Crippen molar-refractivity contribution in [1.82, 2.24) is 0 Å². The number of carbonyl (C=O) groups is 1. The third-order valence-electron chi connectivity index (χ3n) is 3.31. The first-order chi connectivity index (χ1) is 10.5. The maximum absolute atomic E-state index is 12.2. The van der Waals surface area contributed by atoms with Gasteiger partial charge in [0.1, 0.15) is 11.6 Å². The van der Waals surface area contributed by atoms with E-state index in [-0.39, 0.29) is 5.57 Å². The maximum atomic E-state index is 12.2. The van der Waals surface area contributed by atoms with E-state index in [2.05, 4.69) is 5.32 Å². The average Bonchev–Trinajstić information content (AvgIpc) is 2.50. The van der Waals surface area contributed by atoms with Crippen LogP contribution in [0.25, 0.3) is 6.08 Å². The third-order valence-corrected chi connectivity index (χ3v) is 3.56. The van der Waals surface area contributed by atoms with Crippen LogP contribution in [0.2, 0.25) is 5.02 Å². The number of aryl methyl sites for hydroxylation is 2. The normalized spacial score (nSPS) is 10.9. The van der Waals surface area contributed by atoms with E-state index < -0.39 is 5.91 Å². The number of carbonyl (C=O) groups excluding carboxylic acids is 1. The van der Waals surface area contributed by atoms with Gasteiger partial charge in [-0.2, -0.15) is 5.26 Å². The minimum absolute atomic E-state index is 0.0422. The van der Waals surface area contributed by atoms with Crippen LogP contribution in [0.1, 0.15) is 16.7 Å². The number of halogens is 1. The molecule has 0 bridgehead atoms. The summed E-state index contributed by atoms with van der Waals surface area (Å²) in [5.41, 5.74) is 3.69. The Morgan fingerprint density at radius 2 is 1.82 bits per heavy atom. The van der Waals surface area contributed by atoms with Crippen molar-refractivity contribution >= 4 is 29.3 Å². The molecule has 0 unspecified atom stereocenters. The van der Waals surface area contributed by atoms with Gasteiger partial charge in [-0.3, -0.25) is 4.79 Å². The summed E-state index contributed by atoms with van der Waals surface area (Å²) in [7, 11) is 0. The zero-order valence-electron chi connectivity index (χ0n) is 12.4. The van der Waals surface area contributed by atoms with Crippen LogP contribution in [0.4, 0.5) is 5.69 Å². The van der Waals surface area contributed by atoms with Gasteiger partial charge in [0.05, 0.1) is 0 Å². The van der Waals surface area contributed by atoms with E-state index >= 15 is 0 Å². The Kier molecular flexibility index (Phi) is 4.98. The minimum atomic E-state index is -0.430. The molecule has 0 spiro atoms. The Balaban J connectivity index is 2.20. The smallest absolute Gasteiger partial charge is 0.266 e. The quantitative estimate of drug-likeness (QED) is 0.670. The van der Waals surface area contributed by atoms with E-state index in [4.69, 9.17) is 11.6 Å². The lowest BCUT2D eigenvalue weighted by Crippen LogP contribution is -2.13. The molecule has 2 rings (SSSR count). The molecule has 1 N–H and O–H groups in total. The van der Waals surface area contributed by atoms with Gasteiger partial charge in [-0.1, -0.05) is 29.8 Å². The lowest BCUT2D eigenvalue weighted by molar-refractivity contribution is -0.112. The van der Waals surface area contributed by atoms with Gasteiger partial charge < -0.3 is 5.32 Å². The summed E-state index contributed by atoms with van der Waals surface area (Å²) < 4.78 is 0. The third kappa shape index (κ3) is 3.97. The van der Waals surface area contributed by atoms with Crippen LogP contribution in [-0.2, 0) is 4.79 Å². The lowest BCUT2D eigenvalue weighted by Gasteiger charge is -2.07. The molecule has 0 aliphatic heterocycles. The molecular formula is C18H15ClN2O. The molecule has 4 heteroatoms. The average molecular weight is 311 g/mol. The fourth-order valence-corrected chi connectivity index (χ4v) is 2.02. The SMILES string of the molecule is Cc1ccc(NC(=O)/C(C#N)=C/c2ccc(Cl)cc2)cc1C. The second-order valence-corrected chi connectivity index (χ2v) is 5.41. The Hall–Kier alpha value is -2.57. The molecule has 0 atom stereocenters. The summed E-state index contributed by atoms with van der Waals surface area (Å²) >= 11 is 5.81. The van der Waals surface area contributed by atoms with Crippen molar-refractivity contribution in [3.8, 4) is 6.07 Å². The van der Waals surface area contributed by atoms with Crippen molar-refractivity contribution in [3.63, 3.8) is 0 Å². The Morgan fingerprint density at radius 1 is 1.14 bits per heavy atom. The zero-order chi connectivity index (χ0) is 16.1. The van der Waals surface area contributed by atoms with Crippen molar-refractivity contribution < 1.29 is 4.79 Å². The van der Waals surface area contributed by atoms with E-state index in [1.807, 2.05) is 38.1 Å². The number of amides is 1. The zero-order valence-corrected chi connectivity index (χ0v) is 13.1. The van der Waals surface area contributed by atoms with Crippen LogP contribution in [-0.4, -0.2) is 5.91 Å². The highest BCUT2D eigenvalue weighted by Gasteiger charge is 2.10. The summed E-state index contributed by atoms with van der Waals surface area (Å²) in [6, 6.07) is 14.5. The molecule has 0 aliphatic carbocycles. The topological polar surface area (TPSA) is 52.9 Å². The highest BCUT2D eigenvalue weighted by Crippen LogP contribution is 2.16. The molecule has 110 valence electrons. The first-order valence-corrected chi connectivity index (χ1v) is 7.13. The van der Waals surface area contributed by atoms with E-state index in [1.165, 1.54) is 6.08 Å². The Labute approximate surface area is 134 Å². The molecule has 0 fully saturated rings. The molecule has 22 heavy (non-hydrogen) atoms. The van der Waals surface area contributed by atoms with Gasteiger partial charge in [0.15, 0.2) is 0 Å². The van der Waals surface area contributed by atoms with E-state index in [1.54, 1.807) is 24.3 Å². The molecule has 0 radical (unpaired) electrons. The van der Waals surface area contributed by atoms with Crippen molar-refractivity contribution in [2.75, 3.05) is 5.32 Å². The lowest BCUT2D eigenvalue weighted by atomic mass is 10.1. The number of nitriles is 1. The van der Waals surface area contributed by atoms with Crippen LogP contribution < -0.4 is 5.32 Å². The summed E-state index contributed by atoms with van der Waals surface area (Å²) in [5, 5.41) is 12.5. The molecule has 3 nitrogen and oxygen atoms in total. The predicted octanol–water partition coefficient (Wildman–Crippen LogP) is 4.50. The maximum Gasteiger partial charge on any atom is 0.266 e. The molecule has 0 saturated heterocycles. The molecule has 2 aromatic rings. The second kappa shape index (κ2) is 6.93. The van der Waals surface area contributed by atoms with Crippen LogP contribution in [0.3, 0.4) is 0 Å². The predicted molar refractivity (Wildman–Crippen MR) is 89.6 cm³/mol. The largest absolute Gasteiger partial charge is 0.321 e. The number of nitrogens with one attached hydrogen (secondary N) is 1. The van der Waals surface area contributed by atoms with Gasteiger partial charge in [0, 0.05) is 10.7 Å². The first kappa shape index (κ1) is 15.8. The summed E-state index contributed by atoms with van der Waals surface area (Å²) in [6.07, 6.45) is 1.53. The van der Waals surface area contributed by atoms with Crippen molar-refractivity contribution in [1.29, 1.82) is 5.26 Å². The van der Waals surface area contributed by atoms with E-state index in [9.17, 15) is 10.1 Å². The fourth-order valence-electron chi connectivity index (χ4n) is 1.89. The molecular weight excluding hydrogens is 296 g/mol. The molecule has 0 aromatic heterocycles. The summed E-state index contributed by atoms with van der Waals surface area (Å²) in [4.78, 5) is 12.2. The second-order valence-electron chi connectivity index (χ2n) is 4.97. The molecule has 0 saturated carbocycles. The van der Waals surface area contributed by atoms with Crippen LogP contribution in [0.15, 0.2) is 48.0 Å². The van der Waals surface area contributed by atoms with Gasteiger partial charge in [0.2, 0.25) is 0 Å². The van der Waals surface area contributed by atoms with Crippen LogP contribution in [0, 0.1) is 25.2 Å². The van der Waals surface area contributed by atoms with Crippen molar-refractivity contribution in [3.05, 3.63) is 69.8 Å². The highest BCUT2D eigenvalue weighted by molar-refractivity contribution is 6.30. The number of rotatable bonds is 3. The van der Waals surface area contributed by atoms with Crippen molar-refractivity contribution in [2.45, 2.75) is 13.8 Å². The number of hydrogen-bond acceptors (Lipinski definition) is 2. The number of anilines is 1. The first-order valence-electron chi connectivity index (χ1n) is 6.75. The summed E-state index contributed by atoms with van der Waals surface area (Å²) in [6.45, 7) is 3.97. The molecule has 1 amide bonds. The van der Waals surface area contributed by atoms with Gasteiger partial charge in [-0.25, -0.2) is 0 Å². The number of nitrogens with zero attached hydrogens (tertiary/aromatic N) is 1. The Morgan fingerprint density at radius 3 is 2.41 bits per heavy atom. The van der Waals surface area contributed by atoms with Gasteiger partial charge >= 0.3 is 0 Å². The van der Waals surface area contributed by atoms with Gasteiger partial charge in [0.25, 0.3) is 5.91 Å². The van der Waals surface area contributed by atoms with Crippen LogP contribution in [0.5, 0.6) is 0 Å². The van der Waals surface area contributed by atoms with Gasteiger partial charge in [-0.15, -0.1) is 0 Å². The number of hydrogen-bond donors (Lipinski definition) is 1.